The first-order chi connectivity index (χ1) is 15.3. The highest BCUT2D eigenvalue weighted by atomic mass is 33.2. The van der Waals surface area contributed by atoms with Gasteiger partial charge in [0.25, 0.3) is 0 Å². The average Bonchev–Trinajstić information content (AvgIpc) is 2.80. The minimum atomic E-state index is -0.690. The van der Waals surface area contributed by atoms with Gasteiger partial charge in [0.05, 0.1) is 53.8 Å². The van der Waals surface area contributed by atoms with Crippen LogP contribution in [-0.2, 0) is 81.3 Å². The third kappa shape index (κ3) is 17.9. The van der Waals surface area contributed by atoms with Crippen LogP contribution in [0.15, 0.2) is 0 Å². The zero-order valence-electron chi connectivity index (χ0n) is 18.2. The number of hydrogen-bond donors (Lipinski definition) is 0. The van der Waals surface area contributed by atoms with Crippen molar-refractivity contribution in [2.24, 2.45) is 0 Å². The highest BCUT2D eigenvalue weighted by Crippen LogP contribution is 2.18. The summed E-state index contributed by atoms with van der Waals surface area (Å²) in [5.74, 6) is 0.434. The molecule has 0 fully saturated rings. The van der Waals surface area contributed by atoms with E-state index in [9.17, 15) is 19.2 Å². The number of ether oxygens (including phenoxy) is 5. The first-order valence-corrected chi connectivity index (χ1v) is 16.3. The molecule has 3 atom stereocenters. The number of hydrogen-bond acceptors (Lipinski definition) is 12. The van der Waals surface area contributed by atoms with Crippen LogP contribution in [-0.4, -0.2) is 92.6 Å². The molecular weight excluding hydrogens is 565 g/mol. The maximum Gasteiger partial charge on any atom is 0.319 e. The molecule has 0 N–H and O–H groups in total. The Hall–Kier alpha value is -0.450. The van der Waals surface area contributed by atoms with Crippen molar-refractivity contribution in [1.82, 2.24) is 0 Å². The molecule has 0 saturated heterocycles. The molecule has 0 aromatic carbocycles. The van der Waals surface area contributed by atoms with E-state index in [0.717, 1.165) is 11.5 Å². The maximum atomic E-state index is 11.9. The van der Waals surface area contributed by atoms with E-state index in [1.165, 1.54) is 60.8 Å². The Morgan fingerprint density at radius 1 is 0.794 bits per heavy atom. The summed E-state index contributed by atoms with van der Waals surface area (Å²) >= 11 is 7.52. The van der Waals surface area contributed by atoms with Crippen molar-refractivity contribution >= 4 is 85.8 Å². The molecule has 0 aliphatic carbocycles. The molecule has 9 nitrogen and oxygen atoms in total. The summed E-state index contributed by atoms with van der Waals surface area (Å²) in [6.07, 6.45) is -0.133. The number of thioether (sulfide) groups is 2. The molecule has 15 heteroatoms. The van der Waals surface area contributed by atoms with Crippen LogP contribution < -0.4 is 0 Å². The summed E-state index contributed by atoms with van der Waals surface area (Å²) in [4.78, 5) is 46.5. The fourth-order valence-electron chi connectivity index (χ4n) is 1.99. The Balaban J connectivity index is -0.00000480. The normalized spacial score (nSPS) is 12.5. The minimum absolute atomic E-state index is 0. The molecule has 0 heterocycles. The van der Waals surface area contributed by atoms with Crippen molar-refractivity contribution in [3.63, 3.8) is 0 Å². The predicted octanol–water partition coefficient (Wildman–Crippen LogP) is 1.98. The van der Waals surface area contributed by atoms with Crippen molar-refractivity contribution in [2.75, 3.05) is 58.2 Å². The molecule has 0 saturated carbocycles. The van der Waals surface area contributed by atoms with Gasteiger partial charge in [-0.25, -0.2) is 0 Å². The number of rotatable bonds is 16. The van der Waals surface area contributed by atoms with Gasteiger partial charge in [0.15, 0.2) is 0 Å². The van der Waals surface area contributed by atoms with Crippen LogP contribution in [0.5, 0.6) is 0 Å². The second-order valence-corrected chi connectivity index (χ2v) is 14.7. The van der Waals surface area contributed by atoms with E-state index >= 15 is 0 Å². The summed E-state index contributed by atoms with van der Waals surface area (Å²) < 4.78 is 24.3. The Labute approximate surface area is 224 Å². The van der Waals surface area contributed by atoms with Crippen molar-refractivity contribution in [1.29, 1.82) is 0 Å². The summed E-state index contributed by atoms with van der Waals surface area (Å²) in [6.45, 7) is 0.443. The fraction of sp³-hybridized carbons (Fsp3) is 0.789. The molecule has 0 aliphatic heterocycles. The summed E-state index contributed by atoms with van der Waals surface area (Å²) in [6, 6.07) is 0. The highest BCUT2D eigenvalue weighted by molar-refractivity contribution is 8.58. The number of carbonyl (C=O) groups excluding carboxylic acids is 4. The van der Waals surface area contributed by atoms with Crippen molar-refractivity contribution in [2.45, 2.75) is 38.2 Å². The standard InChI is InChI=1S/C17H28O9S6.2CH4/c1-22-14(18)9-12(16(20)24-3)28-6-8-32(31-30-27)7-5-26-11-29-13(17(21)25-4)10-15(19)23-2;;/h12-13H,5-11H2,1-4H3;2*1H4. The van der Waals surface area contributed by atoms with Crippen molar-refractivity contribution < 1.29 is 42.9 Å². The van der Waals surface area contributed by atoms with Gasteiger partial charge < -0.3 is 23.7 Å². The lowest BCUT2D eigenvalue weighted by Gasteiger charge is -2.14. The molecule has 3 unspecified atom stereocenters. The maximum absolute atomic E-state index is 11.9. The zero-order valence-corrected chi connectivity index (χ0v) is 23.1. The van der Waals surface area contributed by atoms with Gasteiger partial charge in [-0.1, -0.05) is 14.9 Å². The van der Waals surface area contributed by atoms with Gasteiger partial charge >= 0.3 is 23.9 Å². The zero-order chi connectivity index (χ0) is 24.4. The minimum Gasteiger partial charge on any atom is -0.469 e. The largest absolute Gasteiger partial charge is 0.469 e. The summed E-state index contributed by atoms with van der Waals surface area (Å²) in [5, 5.41) is -1.30. The lowest BCUT2D eigenvalue weighted by Crippen LogP contribution is -2.24. The van der Waals surface area contributed by atoms with Crippen LogP contribution in [0, 0.1) is 0 Å². The van der Waals surface area contributed by atoms with Gasteiger partial charge in [-0.15, -0.1) is 33.0 Å². The predicted molar refractivity (Wildman–Crippen MR) is 148 cm³/mol. The Morgan fingerprint density at radius 3 is 1.74 bits per heavy atom. The molecule has 0 aromatic heterocycles. The first-order valence-electron chi connectivity index (χ1n) is 9.07. The second kappa shape index (κ2) is 24.3. The average molecular weight is 601 g/mol. The molecule has 0 amide bonds. The van der Waals surface area contributed by atoms with Gasteiger partial charge in [-0.05, 0) is 28.9 Å². The monoisotopic (exact) mass is 600 g/mol. The molecular formula is C19H36O9S6. The van der Waals surface area contributed by atoms with Crippen molar-refractivity contribution in [3.05, 3.63) is 0 Å². The van der Waals surface area contributed by atoms with E-state index in [0.29, 0.717) is 12.4 Å². The van der Waals surface area contributed by atoms with Crippen LogP contribution in [0.25, 0.3) is 0 Å². The Bertz CT molecular complexity index is 721. The summed E-state index contributed by atoms with van der Waals surface area (Å²) in [7, 11) is 7.76. The van der Waals surface area contributed by atoms with E-state index in [4.69, 9.17) is 25.4 Å². The molecule has 0 aromatic rings. The number of methoxy groups -OCH3 is 4. The smallest absolute Gasteiger partial charge is 0.319 e. The van der Waals surface area contributed by atoms with E-state index in [2.05, 4.69) is 9.47 Å². The van der Waals surface area contributed by atoms with Crippen LogP contribution >= 0.6 is 23.5 Å². The molecule has 34 heavy (non-hydrogen) atoms. The summed E-state index contributed by atoms with van der Waals surface area (Å²) in [5.41, 5.74) is 0. The van der Waals surface area contributed by atoms with E-state index < -0.39 is 34.4 Å². The molecule has 202 valence electrons. The number of esters is 4. The second-order valence-electron chi connectivity index (χ2n) is 5.63. The van der Waals surface area contributed by atoms with Crippen LogP contribution in [0.3, 0.4) is 0 Å². The molecule has 0 bridgehead atoms. The third-order valence-electron chi connectivity index (χ3n) is 3.65. The van der Waals surface area contributed by atoms with Gasteiger partial charge in [0, 0.05) is 17.3 Å². The number of carbonyl (C=O) groups is 4. The SMILES string of the molecule is C.C.COC(=O)CC(SCCS(CCOCSC(CC(=O)OC)C(=O)OC)=S=S=S)C(=O)OC. The van der Waals surface area contributed by atoms with E-state index in [-0.39, 0.29) is 43.1 Å². The lowest BCUT2D eigenvalue weighted by molar-refractivity contribution is -0.146. The quantitative estimate of drug-likeness (QED) is 0.112. The van der Waals surface area contributed by atoms with Gasteiger partial charge in [0.2, 0.25) is 0 Å². The molecule has 0 spiro atoms. The van der Waals surface area contributed by atoms with E-state index in [1.807, 2.05) is 0 Å². The lowest BCUT2D eigenvalue weighted by atomic mass is 10.3. The molecule has 0 rings (SSSR count). The Kier molecular flexibility index (Phi) is 27.2. The van der Waals surface area contributed by atoms with Gasteiger partial charge in [-0.3, -0.25) is 19.2 Å². The highest BCUT2D eigenvalue weighted by Gasteiger charge is 2.24. The molecule has 0 aliphatic rings. The fourth-order valence-corrected chi connectivity index (χ4v) is 11.0. The first kappa shape index (κ1) is 38.1. The van der Waals surface area contributed by atoms with Crippen LogP contribution in [0.2, 0.25) is 0 Å². The Morgan fingerprint density at radius 2 is 1.29 bits per heavy atom. The third-order valence-corrected chi connectivity index (χ3v) is 13.2. The molecule has 0 radical (unpaired) electrons. The van der Waals surface area contributed by atoms with E-state index in [1.54, 1.807) is 8.88 Å². The van der Waals surface area contributed by atoms with Gasteiger partial charge in [0.1, 0.15) is 10.5 Å². The van der Waals surface area contributed by atoms with Crippen LogP contribution in [0.4, 0.5) is 0 Å². The van der Waals surface area contributed by atoms with Crippen molar-refractivity contribution in [3.8, 4) is 0 Å². The topological polar surface area (TPSA) is 114 Å². The van der Waals surface area contributed by atoms with Gasteiger partial charge in [-0.2, -0.15) is 0 Å². The van der Waals surface area contributed by atoms with Crippen LogP contribution in [0.1, 0.15) is 27.7 Å².